The van der Waals surface area contributed by atoms with Crippen molar-refractivity contribution in [2.45, 2.75) is 112 Å². The van der Waals surface area contributed by atoms with Crippen LogP contribution >= 0.6 is 0 Å². The van der Waals surface area contributed by atoms with Crippen LogP contribution in [0.4, 0.5) is 0 Å². The largest absolute Gasteiger partial charge is 0.507 e. The summed E-state index contributed by atoms with van der Waals surface area (Å²) in [5.74, 6) is -8.45. The molecule has 0 spiro atoms. The Kier molecular flexibility index (Phi) is 8.17. The van der Waals surface area contributed by atoms with Gasteiger partial charge in [-0.05, 0) is 72.3 Å². The van der Waals surface area contributed by atoms with E-state index in [0.29, 0.717) is 23.5 Å². The third kappa shape index (κ3) is 4.13. The normalized spacial score (nSPS) is 40.5. The molecule has 44 heavy (non-hydrogen) atoms. The molecule has 2 N–H and O–H groups in total. The lowest BCUT2D eigenvalue weighted by atomic mass is 9.35. The standard InChI is InChI=1S/C37H50O7/c1-9-10-22-11-13-23(14-12-22)17-24-15-16-25-19(4)35(7)21(6)36(8)28(18(2)3)31(40)26(20(5)38)33(42)37(36,44)34(43)29(35)32(41)27(25)30(24)39/h15-16,18-19,21-23,26,28-29,39,44H,9-14,17H2,1-8H3/t19-,21-,22?,23?,26?,28?,29?,35-,36-,37+/m1/s1. The number of ketones is 5. The molecule has 0 aliphatic heterocycles. The smallest absolute Gasteiger partial charge is 0.190 e. The highest BCUT2D eigenvalue weighted by Gasteiger charge is 2.79. The van der Waals surface area contributed by atoms with Crippen LogP contribution in [0.1, 0.15) is 121 Å². The Balaban J connectivity index is 1.61. The molecule has 3 fully saturated rings. The maximum atomic E-state index is 14.7. The van der Waals surface area contributed by atoms with Gasteiger partial charge in [0.15, 0.2) is 28.7 Å². The molecule has 240 valence electrons. The third-order valence-electron chi connectivity index (χ3n) is 13.2. The molecule has 3 saturated carbocycles. The summed E-state index contributed by atoms with van der Waals surface area (Å²) in [5, 5.41) is 24.0. The number of carbonyl (C=O) groups excluding carboxylic acids is 5. The summed E-state index contributed by atoms with van der Waals surface area (Å²) in [6, 6.07) is 3.82. The fraction of sp³-hybridized carbons (Fsp3) is 0.703. The number of carbonyl (C=O) groups is 5. The molecule has 0 aromatic heterocycles. The maximum Gasteiger partial charge on any atom is 0.190 e. The van der Waals surface area contributed by atoms with Crippen LogP contribution in [0.25, 0.3) is 0 Å². The van der Waals surface area contributed by atoms with E-state index in [2.05, 4.69) is 6.92 Å². The first kappa shape index (κ1) is 32.7. The maximum absolute atomic E-state index is 14.7. The van der Waals surface area contributed by atoms with Crippen molar-refractivity contribution < 1.29 is 34.2 Å². The second kappa shape index (κ2) is 11.0. The van der Waals surface area contributed by atoms with Crippen LogP contribution < -0.4 is 0 Å². The van der Waals surface area contributed by atoms with E-state index in [0.717, 1.165) is 25.7 Å². The van der Waals surface area contributed by atoms with E-state index in [1.807, 2.05) is 32.9 Å². The highest BCUT2D eigenvalue weighted by atomic mass is 16.3. The number of phenols is 1. The molecule has 4 aliphatic rings. The van der Waals surface area contributed by atoms with Gasteiger partial charge in [0.25, 0.3) is 0 Å². The van der Waals surface area contributed by atoms with E-state index in [1.165, 1.54) is 25.7 Å². The van der Waals surface area contributed by atoms with Gasteiger partial charge in [-0.1, -0.05) is 86.3 Å². The predicted octanol–water partition coefficient (Wildman–Crippen LogP) is 6.05. The zero-order valence-corrected chi connectivity index (χ0v) is 27.7. The summed E-state index contributed by atoms with van der Waals surface area (Å²) in [6.45, 7) is 14.2. The summed E-state index contributed by atoms with van der Waals surface area (Å²) in [4.78, 5) is 69.7. The van der Waals surface area contributed by atoms with Gasteiger partial charge >= 0.3 is 0 Å². The number of fused-ring (bicyclic) bond motifs is 3. The quantitative estimate of drug-likeness (QED) is 0.378. The number of aliphatic hydroxyl groups is 1. The van der Waals surface area contributed by atoms with Gasteiger partial charge in [-0.15, -0.1) is 0 Å². The molecule has 0 bridgehead atoms. The minimum absolute atomic E-state index is 0.104. The van der Waals surface area contributed by atoms with Crippen LogP contribution in [0.15, 0.2) is 12.1 Å². The Labute approximate surface area is 261 Å². The Morgan fingerprint density at radius 1 is 0.977 bits per heavy atom. The minimum atomic E-state index is -2.70. The van der Waals surface area contributed by atoms with Crippen molar-refractivity contribution in [2.24, 2.45) is 52.3 Å². The van der Waals surface area contributed by atoms with Crippen molar-refractivity contribution >= 4 is 28.9 Å². The van der Waals surface area contributed by atoms with E-state index in [1.54, 1.807) is 20.8 Å². The van der Waals surface area contributed by atoms with Gasteiger partial charge in [0, 0.05) is 11.3 Å². The Morgan fingerprint density at radius 3 is 2.11 bits per heavy atom. The summed E-state index contributed by atoms with van der Waals surface area (Å²) < 4.78 is 0. The lowest BCUT2D eigenvalue weighted by molar-refractivity contribution is -0.222. The Bertz CT molecular complexity index is 1420. The lowest BCUT2D eigenvalue weighted by Gasteiger charge is -2.66. The number of benzene rings is 1. The SMILES string of the molecule is CCCC1CCC(Cc2ccc3c(c2O)C(=O)C2C(=O)[C@@]4(O)C(=O)C(C(C)=O)C(=O)C(C(C)C)[C@@]4(C)[C@H](C)[C@@]2(C)[C@@H]3C)CC1. The van der Waals surface area contributed by atoms with Crippen LogP contribution in [0.3, 0.4) is 0 Å². The summed E-state index contributed by atoms with van der Waals surface area (Å²) in [5.41, 5.74) is -3.88. The minimum Gasteiger partial charge on any atom is -0.507 e. The molecular formula is C37H50O7. The average molecular weight is 607 g/mol. The van der Waals surface area contributed by atoms with E-state index < -0.39 is 74.9 Å². The van der Waals surface area contributed by atoms with Gasteiger partial charge in [-0.25, -0.2) is 0 Å². The van der Waals surface area contributed by atoms with Crippen molar-refractivity contribution in [1.29, 1.82) is 0 Å². The molecule has 0 heterocycles. The highest BCUT2D eigenvalue weighted by molar-refractivity contribution is 6.32. The molecule has 0 amide bonds. The molecule has 8 atom stereocenters. The van der Waals surface area contributed by atoms with Crippen LogP contribution in [0, 0.1) is 52.3 Å². The molecular weight excluding hydrogens is 556 g/mol. The van der Waals surface area contributed by atoms with Crippen LogP contribution in [0.5, 0.6) is 5.75 Å². The van der Waals surface area contributed by atoms with E-state index in [9.17, 15) is 34.2 Å². The van der Waals surface area contributed by atoms with Gasteiger partial charge in [0.2, 0.25) is 0 Å². The molecule has 4 aliphatic carbocycles. The molecule has 1 aromatic carbocycles. The third-order valence-corrected chi connectivity index (χ3v) is 13.2. The molecule has 0 radical (unpaired) electrons. The fourth-order valence-electron chi connectivity index (χ4n) is 10.5. The molecule has 5 rings (SSSR count). The molecule has 0 saturated heterocycles. The number of phenolic OH excluding ortho intramolecular Hbond substituents is 1. The Morgan fingerprint density at radius 2 is 1.57 bits per heavy atom. The van der Waals surface area contributed by atoms with Gasteiger partial charge < -0.3 is 10.2 Å². The van der Waals surface area contributed by atoms with Crippen molar-refractivity contribution in [3.05, 3.63) is 28.8 Å². The van der Waals surface area contributed by atoms with E-state index >= 15 is 0 Å². The van der Waals surface area contributed by atoms with Crippen molar-refractivity contribution in [3.63, 3.8) is 0 Å². The van der Waals surface area contributed by atoms with Crippen molar-refractivity contribution in [3.8, 4) is 5.75 Å². The number of rotatable bonds is 6. The number of Topliss-reactive ketones (excluding diaryl/α,β-unsaturated/α-hetero) is 5. The molecule has 3 unspecified atom stereocenters. The molecule has 7 heteroatoms. The predicted molar refractivity (Wildman–Crippen MR) is 166 cm³/mol. The van der Waals surface area contributed by atoms with Crippen LogP contribution in [-0.2, 0) is 25.6 Å². The molecule has 1 aromatic rings. The van der Waals surface area contributed by atoms with Crippen LogP contribution in [-0.4, -0.2) is 44.7 Å². The second-order valence-electron chi connectivity index (χ2n) is 15.4. The van der Waals surface area contributed by atoms with E-state index in [-0.39, 0.29) is 17.2 Å². The van der Waals surface area contributed by atoms with Crippen molar-refractivity contribution in [2.75, 3.05) is 0 Å². The summed E-state index contributed by atoms with van der Waals surface area (Å²) in [6.07, 6.45) is 7.54. The molecule has 7 nitrogen and oxygen atoms in total. The van der Waals surface area contributed by atoms with Gasteiger partial charge in [0.1, 0.15) is 17.5 Å². The lowest BCUT2D eigenvalue weighted by Crippen LogP contribution is -2.79. The zero-order valence-electron chi connectivity index (χ0n) is 27.7. The first-order chi connectivity index (χ1) is 20.5. The van der Waals surface area contributed by atoms with Gasteiger partial charge in [0.05, 0.1) is 11.5 Å². The second-order valence-corrected chi connectivity index (χ2v) is 15.4. The number of hydrogen-bond donors (Lipinski definition) is 2. The summed E-state index contributed by atoms with van der Waals surface area (Å²) >= 11 is 0. The monoisotopic (exact) mass is 606 g/mol. The first-order valence-electron chi connectivity index (χ1n) is 16.7. The number of aromatic hydroxyl groups is 1. The average Bonchev–Trinajstić information content (AvgIpc) is 2.95. The topological polar surface area (TPSA) is 126 Å². The van der Waals surface area contributed by atoms with Gasteiger partial charge in [-0.2, -0.15) is 0 Å². The zero-order chi connectivity index (χ0) is 32.7. The summed E-state index contributed by atoms with van der Waals surface area (Å²) in [7, 11) is 0. The van der Waals surface area contributed by atoms with E-state index in [4.69, 9.17) is 0 Å². The Hall–Kier alpha value is -2.67. The highest BCUT2D eigenvalue weighted by Crippen LogP contribution is 2.69. The van der Waals surface area contributed by atoms with Crippen LogP contribution in [0.2, 0.25) is 0 Å². The first-order valence-corrected chi connectivity index (χ1v) is 16.7. The number of hydrogen-bond acceptors (Lipinski definition) is 7. The van der Waals surface area contributed by atoms with Crippen molar-refractivity contribution in [1.82, 2.24) is 0 Å². The fourth-order valence-corrected chi connectivity index (χ4v) is 10.5. The van der Waals surface area contributed by atoms with Gasteiger partial charge in [-0.3, -0.25) is 24.0 Å².